The lowest BCUT2D eigenvalue weighted by atomic mass is 10.1. The van der Waals surface area contributed by atoms with Crippen LogP contribution in [0.15, 0.2) is 0 Å². The maximum absolute atomic E-state index is 12.7. The average molecular weight is 382 g/mol. The highest BCUT2D eigenvalue weighted by molar-refractivity contribution is 5.76. The molecule has 0 N–H and O–H groups in total. The van der Waals surface area contributed by atoms with Gasteiger partial charge in [0.05, 0.1) is 0 Å². The minimum atomic E-state index is 0.424. The fraction of sp³-hybridized carbons (Fsp3) is 0.960. The Morgan fingerprint density at radius 1 is 0.481 bits per heavy atom. The summed E-state index contributed by atoms with van der Waals surface area (Å²) < 4.78 is 0. The monoisotopic (exact) mass is 381 g/mol. The zero-order valence-corrected chi connectivity index (χ0v) is 19.2. The highest BCUT2D eigenvalue weighted by atomic mass is 16.2. The molecule has 27 heavy (non-hydrogen) atoms. The number of rotatable bonds is 21. The minimum Gasteiger partial charge on any atom is -0.343 e. The molecule has 162 valence electrons. The van der Waals surface area contributed by atoms with Gasteiger partial charge in [0.25, 0.3) is 0 Å². The van der Waals surface area contributed by atoms with Crippen molar-refractivity contribution in [3.8, 4) is 0 Å². The molecule has 2 heteroatoms. The molecule has 0 spiro atoms. The largest absolute Gasteiger partial charge is 0.343 e. The number of amides is 1. The van der Waals surface area contributed by atoms with Gasteiger partial charge in [-0.1, -0.05) is 117 Å². The van der Waals surface area contributed by atoms with Crippen LogP contribution in [-0.4, -0.2) is 23.9 Å². The molecule has 0 rings (SSSR count). The second-order valence-electron chi connectivity index (χ2n) is 8.43. The van der Waals surface area contributed by atoms with Gasteiger partial charge in [-0.3, -0.25) is 4.79 Å². The SMILES string of the molecule is CCCCCCCCC(=O)N(CCCCCCCC)CCCCCCCC. The predicted molar refractivity (Wildman–Crippen MR) is 121 cm³/mol. The van der Waals surface area contributed by atoms with Crippen molar-refractivity contribution in [1.29, 1.82) is 0 Å². The Morgan fingerprint density at radius 2 is 0.815 bits per heavy atom. The molecule has 0 heterocycles. The molecule has 0 saturated heterocycles. The van der Waals surface area contributed by atoms with Crippen molar-refractivity contribution < 1.29 is 4.79 Å². The normalized spacial score (nSPS) is 11.1. The van der Waals surface area contributed by atoms with Crippen LogP contribution in [0, 0.1) is 0 Å². The Balaban J connectivity index is 4.02. The van der Waals surface area contributed by atoms with Crippen LogP contribution in [0.3, 0.4) is 0 Å². The van der Waals surface area contributed by atoms with Crippen LogP contribution in [0.1, 0.15) is 143 Å². The minimum absolute atomic E-state index is 0.424. The van der Waals surface area contributed by atoms with Crippen molar-refractivity contribution >= 4 is 5.91 Å². The molecule has 0 aliphatic carbocycles. The first-order chi connectivity index (χ1) is 13.3. The zero-order chi connectivity index (χ0) is 20.0. The zero-order valence-electron chi connectivity index (χ0n) is 19.2. The van der Waals surface area contributed by atoms with Gasteiger partial charge in [-0.2, -0.15) is 0 Å². The van der Waals surface area contributed by atoms with E-state index in [0.717, 1.165) is 25.9 Å². The van der Waals surface area contributed by atoms with Crippen LogP contribution in [0.25, 0.3) is 0 Å². The molecule has 0 aromatic rings. The second-order valence-corrected chi connectivity index (χ2v) is 8.43. The Morgan fingerprint density at radius 3 is 1.22 bits per heavy atom. The summed E-state index contributed by atoms with van der Waals surface area (Å²) in [7, 11) is 0. The Bertz CT molecular complexity index is 287. The summed E-state index contributed by atoms with van der Waals surface area (Å²) in [5.41, 5.74) is 0. The number of nitrogens with zero attached hydrogens (tertiary/aromatic N) is 1. The number of hydrogen-bond donors (Lipinski definition) is 0. The molecule has 0 radical (unpaired) electrons. The van der Waals surface area contributed by atoms with Crippen molar-refractivity contribution in [2.45, 2.75) is 143 Å². The summed E-state index contributed by atoms with van der Waals surface area (Å²) in [6.07, 6.45) is 24.1. The summed E-state index contributed by atoms with van der Waals surface area (Å²) in [6, 6.07) is 0. The molecule has 0 aliphatic rings. The molecule has 0 saturated carbocycles. The molecule has 0 aromatic heterocycles. The van der Waals surface area contributed by atoms with E-state index in [9.17, 15) is 4.79 Å². The van der Waals surface area contributed by atoms with E-state index in [1.807, 2.05) is 0 Å². The van der Waals surface area contributed by atoms with Crippen LogP contribution in [0.2, 0.25) is 0 Å². The van der Waals surface area contributed by atoms with Gasteiger partial charge in [0.15, 0.2) is 0 Å². The van der Waals surface area contributed by atoms with Gasteiger partial charge in [-0.25, -0.2) is 0 Å². The van der Waals surface area contributed by atoms with E-state index in [1.165, 1.54) is 109 Å². The lowest BCUT2D eigenvalue weighted by molar-refractivity contribution is -0.131. The molecule has 0 aromatic carbocycles. The lowest BCUT2D eigenvalue weighted by Crippen LogP contribution is -2.32. The first kappa shape index (κ1) is 26.5. The third kappa shape index (κ3) is 18.6. The smallest absolute Gasteiger partial charge is 0.222 e. The first-order valence-corrected chi connectivity index (χ1v) is 12.5. The molecule has 0 aliphatic heterocycles. The van der Waals surface area contributed by atoms with Gasteiger partial charge >= 0.3 is 0 Å². The van der Waals surface area contributed by atoms with E-state index in [0.29, 0.717) is 5.91 Å². The van der Waals surface area contributed by atoms with Crippen LogP contribution in [0.5, 0.6) is 0 Å². The van der Waals surface area contributed by atoms with Crippen molar-refractivity contribution in [3.05, 3.63) is 0 Å². The average Bonchev–Trinajstić information content (AvgIpc) is 2.68. The van der Waals surface area contributed by atoms with Crippen molar-refractivity contribution in [2.24, 2.45) is 0 Å². The Kier molecular flexibility index (Phi) is 21.3. The lowest BCUT2D eigenvalue weighted by Gasteiger charge is -2.23. The number of carbonyl (C=O) groups excluding carboxylic acids is 1. The van der Waals surface area contributed by atoms with E-state index in [1.54, 1.807) is 0 Å². The first-order valence-electron chi connectivity index (χ1n) is 12.5. The molecule has 1 amide bonds. The molecular weight excluding hydrogens is 330 g/mol. The van der Waals surface area contributed by atoms with Crippen LogP contribution in [-0.2, 0) is 4.79 Å². The Labute approximate surface area is 171 Å². The van der Waals surface area contributed by atoms with Crippen molar-refractivity contribution in [1.82, 2.24) is 4.90 Å². The van der Waals surface area contributed by atoms with Gasteiger partial charge in [0.2, 0.25) is 5.91 Å². The fourth-order valence-electron chi connectivity index (χ4n) is 3.74. The molecule has 0 bridgehead atoms. The maximum Gasteiger partial charge on any atom is 0.222 e. The van der Waals surface area contributed by atoms with Crippen LogP contribution < -0.4 is 0 Å². The van der Waals surface area contributed by atoms with Crippen molar-refractivity contribution in [2.75, 3.05) is 13.1 Å². The maximum atomic E-state index is 12.7. The van der Waals surface area contributed by atoms with Gasteiger partial charge in [-0.15, -0.1) is 0 Å². The van der Waals surface area contributed by atoms with E-state index < -0.39 is 0 Å². The molecule has 0 atom stereocenters. The van der Waals surface area contributed by atoms with Gasteiger partial charge in [-0.05, 0) is 19.3 Å². The summed E-state index contributed by atoms with van der Waals surface area (Å²) in [5, 5.41) is 0. The van der Waals surface area contributed by atoms with Gasteiger partial charge in [0.1, 0.15) is 0 Å². The summed E-state index contributed by atoms with van der Waals surface area (Å²) in [5.74, 6) is 0.424. The number of hydrogen-bond acceptors (Lipinski definition) is 1. The predicted octanol–water partition coefficient (Wildman–Crippen LogP) is 8.29. The van der Waals surface area contributed by atoms with Gasteiger partial charge in [0, 0.05) is 19.5 Å². The molecule has 0 fully saturated rings. The third-order valence-electron chi connectivity index (χ3n) is 5.66. The molecule has 0 unspecified atom stereocenters. The topological polar surface area (TPSA) is 20.3 Å². The summed E-state index contributed by atoms with van der Waals surface area (Å²) in [4.78, 5) is 14.9. The number of carbonyl (C=O) groups is 1. The van der Waals surface area contributed by atoms with E-state index in [4.69, 9.17) is 0 Å². The van der Waals surface area contributed by atoms with E-state index in [2.05, 4.69) is 25.7 Å². The Hall–Kier alpha value is -0.530. The molecular formula is C25H51NO. The molecule has 2 nitrogen and oxygen atoms in total. The third-order valence-corrected chi connectivity index (χ3v) is 5.66. The summed E-state index contributed by atoms with van der Waals surface area (Å²) in [6.45, 7) is 8.78. The summed E-state index contributed by atoms with van der Waals surface area (Å²) >= 11 is 0. The highest BCUT2D eigenvalue weighted by Crippen LogP contribution is 2.12. The van der Waals surface area contributed by atoms with E-state index in [-0.39, 0.29) is 0 Å². The van der Waals surface area contributed by atoms with Crippen LogP contribution in [0.4, 0.5) is 0 Å². The quantitative estimate of drug-likeness (QED) is 0.183. The van der Waals surface area contributed by atoms with E-state index >= 15 is 0 Å². The van der Waals surface area contributed by atoms with Crippen molar-refractivity contribution in [3.63, 3.8) is 0 Å². The van der Waals surface area contributed by atoms with Gasteiger partial charge < -0.3 is 4.90 Å². The standard InChI is InChI=1S/C25H51NO/c1-4-7-10-13-16-19-22-25(27)26(23-20-17-14-11-8-5-2)24-21-18-15-12-9-6-3/h4-24H2,1-3H3. The number of unbranched alkanes of at least 4 members (excludes halogenated alkanes) is 15. The van der Waals surface area contributed by atoms with Crippen LogP contribution >= 0.6 is 0 Å². The highest BCUT2D eigenvalue weighted by Gasteiger charge is 2.12. The fourth-order valence-corrected chi connectivity index (χ4v) is 3.74. The second kappa shape index (κ2) is 21.8.